The first-order chi connectivity index (χ1) is 12.4. The van der Waals surface area contributed by atoms with Crippen LogP contribution in [0.2, 0.25) is 0 Å². The Balaban J connectivity index is 1.82. The lowest BCUT2D eigenvalue weighted by molar-refractivity contribution is 1.25. The number of pyridine rings is 2. The summed E-state index contributed by atoms with van der Waals surface area (Å²) in [7, 11) is 0. The highest BCUT2D eigenvalue weighted by Gasteiger charge is 2.17. The van der Waals surface area contributed by atoms with Crippen molar-refractivity contribution in [2.75, 3.05) is 0 Å². The predicted molar refractivity (Wildman–Crippen MR) is 102 cm³/mol. The van der Waals surface area contributed by atoms with Crippen molar-refractivity contribution in [3.63, 3.8) is 0 Å². The standard InChI is InChI=1S/C22H13N3/c1-2-10-20-15(6-1)16-7-5-8-17-18-12-14(19-9-3-4-11-23-19)13-24-22(18)25(20)21(16)17/h1-13H. The first-order valence-electron chi connectivity index (χ1n) is 8.36. The normalized spacial score (nSPS) is 12.0. The second kappa shape index (κ2) is 4.54. The molecule has 0 unspecified atom stereocenters. The van der Waals surface area contributed by atoms with Gasteiger partial charge in [-0.05, 0) is 24.3 Å². The molecule has 2 aromatic carbocycles. The van der Waals surface area contributed by atoms with Gasteiger partial charge in [-0.3, -0.25) is 9.38 Å². The third-order valence-electron chi connectivity index (χ3n) is 5.02. The molecule has 0 aliphatic rings. The van der Waals surface area contributed by atoms with Crippen molar-refractivity contribution >= 4 is 38.2 Å². The summed E-state index contributed by atoms with van der Waals surface area (Å²) in [5.41, 5.74) is 5.47. The highest BCUT2D eigenvalue weighted by Crippen LogP contribution is 2.38. The molecule has 0 fully saturated rings. The molecule has 0 amide bonds. The quantitative estimate of drug-likeness (QED) is 0.412. The fourth-order valence-electron chi connectivity index (χ4n) is 3.96. The minimum atomic E-state index is 0.950. The zero-order valence-electron chi connectivity index (χ0n) is 13.3. The molecule has 0 radical (unpaired) electrons. The summed E-state index contributed by atoms with van der Waals surface area (Å²) in [6.07, 6.45) is 3.74. The van der Waals surface area contributed by atoms with E-state index in [1.165, 1.54) is 32.6 Å². The molecule has 0 bridgehead atoms. The average Bonchev–Trinajstić information content (AvgIpc) is 3.20. The van der Waals surface area contributed by atoms with E-state index in [2.05, 4.69) is 57.9 Å². The molecule has 0 aliphatic heterocycles. The maximum atomic E-state index is 4.82. The summed E-state index contributed by atoms with van der Waals surface area (Å²) in [5.74, 6) is 0. The van der Waals surface area contributed by atoms with Crippen molar-refractivity contribution in [1.82, 2.24) is 14.4 Å². The number of nitrogens with zero attached hydrogens (tertiary/aromatic N) is 3. The van der Waals surface area contributed by atoms with Crippen molar-refractivity contribution in [2.24, 2.45) is 0 Å². The van der Waals surface area contributed by atoms with Gasteiger partial charge in [0.05, 0.1) is 16.7 Å². The lowest BCUT2D eigenvalue weighted by Crippen LogP contribution is -1.87. The summed E-state index contributed by atoms with van der Waals surface area (Å²) in [6.45, 7) is 0. The van der Waals surface area contributed by atoms with E-state index in [1.807, 2.05) is 30.6 Å². The number of hydrogen-bond acceptors (Lipinski definition) is 2. The first-order valence-corrected chi connectivity index (χ1v) is 8.36. The molecule has 4 aromatic heterocycles. The molecular formula is C22H13N3. The highest BCUT2D eigenvalue weighted by molar-refractivity contribution is 6.22. The third kappa shape index (κ3) is 1.59. The molecule has 25 heavy (non-hydrogen) atoms. The molecule has 0 atom stereocenters. The van der Waals surface area contributed by atoms with Crippen LogP contribution in [0.15, 0.2) is 79.1 Å². The van der Waals surface area contributed by atoms with E-state index >= 15 is 0 Å². The van der Waals surface area contributed by atoms with Gasteiger partial charge in [-0.2, -0.15) is 0 Å². The second-order valence-electron chi connectivity index (χ2n) is 6.36. The molecule has 0 spiro atoms. The van der Waals surface area contributed by atoms with E-state index in [0.717, 1.165) is 16.9 Å². The average molecular weight is 319 g/mol. The molecule has 6 aromatic rings. The van der Waals surface area contributed by atoms with Crippen LogP contribution in [0.1, 0.15) is 0 Å². The summed E-state index contributed by atoms with van der Waals surface area (Å²) in [4.78, 5) is 9.28. The van der Waals surface area contributed by atoms with E-state index < -0.39 is 0 Å². The molecule has 116 valence electrons. The van der Waals surface area contributed by atoms with Gasteiger partial charge in [-0.1, -0.05) is 42.5 Å². The Kier molecular flexibility index (Phi) is 2.35. The molecule has 3 heteroatoms. The lowest BCUT2D eigenvalue weighted by atomic mass is 10.1. The number of para-hydroxylation sites is 2. The van der Waals surface area contributed by atoms with Crippen molar-refractivity contribution in [3.8, 4) is 11.3 Å². The topological polar surface area (TPSA) is 30.2 Å². The SMILES string of the molecule is c1ccc(-c2cnc3c(c2)c2cccc4c5ccccc5n3c42)nc1. The Bertz CT molecular complexity index is 1380. The van der Waals surface area contributed by atoms with Gasteiger partial charge >= 0.3 is 0 Å². The smallest absolute Gasteiger partial charge is 0.145 e. The Labute approximate surface area is 143 Å². The predicted octanol–water partition coefficient (Wildman–Crippen LogP) is 5.29. The van der Waals surface area contributed by atoms with Crippen LogP contribution in [0, 0.1) is 0 Å². The van der Waals surface area contributed by atoms with Crippen LogP contribution >= 0.6 is 0 Å². The van der Waals surface area contributed by atoms with Gasteiger partial charge in [0.25, 0.3) is 0 Å². The van der Waals surface area contributed by atoms with E-state index in [0.29, 0.717) is 0 Å². The minimum absolute atomic E-state index is 0.950. The first kappa shape index (κ1) is 12.9. The summed E-state index contributed by atoms with van der Waals surface area (Å²) < 4.78 is 2.29. The molecule has 0 aliphatic carbocycles. The van der Waals surface area contributed by atoms with Gasteiger partial charge in [0.1, 0.15) is 5.65 Å². The number of aromatic nitrogens is 3. The van der Waals surface area contributed by atoms with Crippen molar-refractivity contribution in [1.29, 1.82) is 0 Å². The Morgan fingerprint density at radius 1 is 0.680 bits per heavy atom. The van der Waals surface area contributed by atoms with Gasteiger partial charge in [-0.25, -0.2) is 4.98 Å². The largest absolute Gasteiger partial charge is 0.293 e. The fraction of sp³-hybridized carbons (Fsp3) is 0. The molecule has 0 N–H and O–H groups in total. The number of rotatable bonds is 1. The molecular weight excluding hydrogens is 306 g/mol. The van der Waals surface area contributed by atoms with Crippen LogP contribution in [-0.2, 0) is 0 Å². The third-order valence-corrected chi connectivity index (χ3v) is 5.02. The van der Waals surface area contributed by atoms with Gasteiger partial charge in [0, 0.05) is 39.5 Å². The maximum Gasteiger partial charge on any atom is 0.145 e. The second-order valence-corrected chi connectivity index (χ2v) is 6.36. The van der Waals surface area contributed by atoms with Gasteiger partial charge in [0.15, 0.2) is 0 Å². The Hall–Kier alpha value is -3.46. The van der Waals surface area contributed by atoms with Crippen molar-refractivity contribution < 1.29 is 0 Å². The van der Waals surface area contributed by atoms with Crippen LogP contribution in [0.25, 0.3) is 49.5 Å². The van der Waals surface area contributed by atoms with Gasteiger partial charge in [0.2, 0.25) is 0 Å². The summed E-state index contributed by atoms with van der Waals surface area (Å²) in [6, 6.07) is 23.2. The van der Waals surface area contributed by atoms with E-state index in [1.54, 1.807) is 0 Å². The van der Waals surface area contributed by atoms with Gasteiger partial charge in [-0.15, -0.1) is 0 Å². The highest BCUT2D eigenvalue weighted by atomic mass is 15.0. The van der Waals surface area contributed by atoms with E-state index in [4.69, 9.17) is 4.98 Å². The van der Waals surface area contributed by atoms with Crippen LogP contribution in [0.4, 0.5) is 0 Å². The van der Waals surface area contributed by atoms with Crippen LogP contribution < -0.4 is 0 Å². The Morgan fingerprint density at radius 2 is 1.48 bits per heavy atom. The van der Waals surface area contributed by atoms with Crippen LogP contribution in [-0.4, -0.2) is 14.4 Å². The number of hydrogen-bond donors (Lipinski definition) is 0. The summed E-state index contributed by atoms with van der Waals surface area (Å²) in [5, 5.41) is 4.98. The van der Waals surface area contributed by atoms with Crippen LogP contribution in [0.5, 0.6) is 0 Å². The number of fused-ring (bicyclic) bond motifs is 6. The van der Waals surface area contributed by atoms with E-state index in [-0.39, 0.29) is 0 Å². The monoisotopic (exact) mass is 319 g/mol. The number of benzene rings is 2. The fourth-order valence-corrected chi connectivity index (χ4v) is 3.96. The molecule has 3 nitrogen and oxygen atoms in total. The van der Waals surface area contributed by atoms with Crippen molar-refractivity contribution in [3.05, 3.63) is 79.1 Å². The summed E-state index contributed by atoms with van der Waals surface area (Å²) >= 11 is 0. The molecule has 4 heterocycles. The zero-order chi connectivity index (χ0) is 16.4. The molecule has 6 rings (SSSR count). The van der Waals surface area contributed by atoms with E-state index in [9.17, 15) is 0 Å². The Morgan fingerprint density at radius 3 is 2.36 bits per heavy atom. The maximum absolute atomic E-state index is 4.82. The van der Waals surface area contributed by atoms with Crippen LogP contribution in [0.3, 0.4) is 0 Å². The van der Waals surface area contributed by atoms with Crippen molar-refractivity contribution in [2.45, 2.75) is 0 Å². The minimum Gasteiger partial charge on any atom is -0.293 e. The lowest BCUT2D eigenvalue weighted by Gasteiger charge is -2.01. The zero-order valence-corrected chi connectivity index (χ0v) is 13.3. The van der Waals surface area contributed by atoms with Gasteiger partial charge < -0.3 is 0 Å². The molecule has 0 saturated heterocycles. The molecule has 0 saturated carbocycles.